The molecule has 0 aromatic heterocycles. The van der Waals surface area contributed by atoms with Gasteiger partial charge in [0.15, 0.2) is 0 Å². The molecule has 0 aliphatic rings. The summed E-state index contributed by atoms with van der Waals surface area (Å²) in [7, 11) is 0. The van der Waals surface area contributed by atoms with Crippen LogP contribution in [-0.2, 0) is 9.53 Å². The van der Waals surface area contributed by atoms with Gasteiger partial charge in [-0.15, -0.1) is 0 Å². The van der Waals surface area contributed by atoms with Gasteiger partial charge in [-0.3, -0.25) is 4.79 Å². The number of ether oxygens (including phenoxy) is 1. The summed E-state index contributed by atoms with van der Waals surface area (Å²) in [4.78, 5) is 11.2. The summed E-state index contributed by atoms with van der Waals surface area (Å²) in [6.07, 6.45) is -0.562. The first-order chi connectivity index (χ1) is 8.24. The first-order valence-electron chi connectivity index (χ1n) is 6.47. The zero-order valence-corrected chi connectivity index (χ0v) is 11.8. The highest BCUT2D eigenvalue weighted by Crippen LogP contribution is 2.22. The highest BCUT2D eigenvalue weighted by atomic mass is 19.3. The van der Waals surface area contributed by atoms with Crippen LogP contribution >= 0.6 is 0 Å². The first-order valence-corrected chi connectivity index (χ1v) is 6.47. The zero-order valence-electron chi connectivity index (χ0n) is 11.8. The van der Waals surface area contributed by atoms with E-state index in [0.717, 1.165) is 0 Å². The van der Waals surface area contributed by atoms with Crippen molar-refractivity contribution in [2.24, 2.45) is 5.92 Å². The summed E-state index contributed by atoms with van der Waals surface area (Å²) in [5, 5.41) is 2.75. The molecule has 0 heterocycles. The van der Waals surface area contributed by atoms with Crippen LogP contribution < -0.4 is 5.32 Å². The highest BCUT2D eigenvalue weighted by Gasteiger charge is 2.27. The van der Waals surface area contributed by atoms with E-state index in [9.17, 15) is 13.6 Å². The number of carbonyl (C=O) groups is 1. The second-order valence-electron chi connectivity index (χ2n) is 5.07. The van der Waals surface area contributed by atoms with Crippen LogP contribution in [0.5, 0.6) is 0 Å². The molecule has 18 heavy (non-hydrogen) atoms. The second-order valence-corrected chi connectivity index (χ2v) is 5.07. The summed E-state index contributed by atoms with van der Waals surface area (Å²) in [6.45, 7) is 7.59. The van der Waals surface area contributed by atoms with Crippen molar-refractivity contribution in [1.29, 1.82) is 0 Å². The van der Waals surface area contributed by atoms with Crippen molar-refractivity contribution in [2.45, 2.75) is 52.6 Å². The number of hydrogen-bond donors (Lipinski definition) is 1. The van der Waals surface area contributed by atoms with Gasteiger partial charge in [-0.25, -0.2) is 8.78 Å². The van der Waals surface area contributed by atoms with Gasteiger partial charge >= 0.3 is 0 Å². The zero-order chi connectivity index (χ0) is 14.2. The molecule has 0 spiro atoms. The topological polar surface area (TPSA) is 38.3 Å². The molecule has 0 bridgehead atoms. The minimum atomic E-state index is -2.73. The number of alkyl halides is 2. The van der Waals surface area contributed by atoms with Crippen LogP contribution in [0.15, 0.2) is 0 Å². The maximum Gasteiger partial charge on any atom is 0.251 e. The molecule has 0 aromatic carbocycles. The molecule has 0 amide bonds. The van der Waals surface area contributed by atoms with Crippen molar-refractivity contribution in [3.8, 4) is 0 Å². The molecule has 3 nitrogen and oxygen atoms in total. The van der Waals surface area contributed by atoms with Crippen LogP contribution in [0.25, 0.3) is 0 Å². The van der Waals surface area contributed by atoms with E-state index in [1.54, 1.807) is 13.8 Å². The van der Waals surface area contributed by atoms with Gasteiger partial charge in [-0.2, -0.15) is 0 Å². The number of nitrogens with one attached hydrogen (secondary N) is 1. The van der Waals surface area contributed by atoms with E-state index in [2.05, 4.69) is 5.32 Å². The number of Topliss-reactive ketones (excluding diaryl/α,β-unsaturated/α-hetero) is 1. The van der Waals surface area contributed by atoms with Crippen molar-refractivity contribution in [2.75, 3.05) is 19.7 Å². The molecular formula is C13H25F2NO2. The van der Waals surface area contributed by atoms with Crippen LogP contribution in [-0.4, -0.2) is 37.5 Å². The lowest BCUT2D eigenvalue weighted by atomic mass is 10.1. The average Bonchev–Trinajstić information content (AvgIpc) is 2.23. The van der Waals surface area contributed by atoms with E-state index >= 15 is 0 Å². The SMILES string of the molecule is CC(C)OCCC(F)(F)CCNCC(=O)C(C)C. The molecule has 0 radical (unpaired) electrons. The standard InChI is InChI=1S/C13H25F2NO2/c1-10(2)12(17)9-16-7-5-13(14,15)6-8-18-11(3)4/h10-11,16H,5-9H2,1-4H3. The Labute approximate surface area is 108 Å². The van der Waals surface area contributed by atoms with E-state index in [1.807, 2.05) is 13.8 Å². The van der Waals surface area contributed by atoms with Gasteiger partial charge in [0, 0.05) is 25.3 Å². The minimum Gasteiger partial charge on any atom is -0.379 e. The van der Waals surface area contributed by atoms with Gasteiger partial charge in [0.05, 0.1) is 19.3 Å². The maximum atomic E-state index is 13.4. The van der Waals surface area contributed by atoms with E-state index in [4.69, 9.17) is 4.74 Å². The van der Waals surface area contributed by atoms with Crippen LogP contribution in [0.2, 0.25) is 0 Å². The average molecular weight is 265 g/mol. The molecule has 108 valence electrons. The van der Waals surface area contributed by atoms with E-state index < -0.39 is 5.92 Å². The highest BCUT2D eigenvalue weighted by molar-refractivity contribution is 5.82. The Morgan fingerprint density at radius 3 is 2.33 bits per heavy atom. The summed E-state index contributed by atoms with van der Waals surface area (Å²) in [6, 6.07) is 0. The molecule has 0 saturated heterocycles. The van der Waals surface area contributed by atoms with Gasteiger partial charge in [-0.05, 0) is 13.8 Å². The van der Waals surface area contributed by atoms with E-state index in [0.29, 0.717) is 0 Å². The molecule has 1 N–H and O–H groups in total. The van der Waals surface area contributed by atoms with Gasteiger partial charge in [-0.1, -0.05) is 13.8 Å². The molecular weight excluding hydrogens is 240 g/mol. The summed E-state index contributed by atoms with van der Waals surface area (Å²) in [5.41, 5.74) is 0. The normalized spacial score (nSPS) is 12.4. The fourth-order valence-electron chi connectivity index (χ4n) is 1.26. The predicted octanol–water partition coefficient (Wildman–Crippen LogP) is 2.64. The lowest BCUT2D eigenvalue weighted by molar-refractivity contribution is -0.121. The number of rotatable bonds is 10. The second kappa shape index (κ2) is 8.53. The lowest BCUT2D eigenvalue weighted by Crippen LogP contribution is -2.31. The van der Waals surface area contributed by atoms with E-state index in [-0.39, 0.29) is 50.3 Å². The van der Waals surface area contributed by atoms with Gasteiger partial charge in [0.1, 0.15) is 5.78 Å². The summed E-state index contributed by atoms with van der Waals surface area (Å²) < 4.78 is 31.8. The molecule has 0 atom stereocenters. The third kappa shape index (κ3) is 9.48. The fraction of sp³-hybridized carbons (Fsp3) is 0.923. The smallest absolute Gasteiger partial charge is 0.251 e. The van der Waals surface area contributed by atoms with Crippen molar-refractivity contribution >= 4 is 5.78 Å². The quantitative estimate of drug-likeness (QED) is 0.617. The van der Waals surface area contributed by atoms with E-state index in [1.165, 1.54) is 0 Å². The Morgan fingerprint density at radius 2 is 1.83 bits per heavy atom. The van der Waals surface area contributed by atoms with Crippen LogP contribution in [0.3, 0.4) is 0 Å². The minimum absolute atomic E-state index is 0.0254. The number of halogens is 2. The van der Waals surface area contributed by atoms with Crippen molar-refractivity contribution < 1.29 is 18.3 Å². The van der Waals surface area contributed by atoms with Crippen LogP contribution in [0.1, 0.15) is 40.5 Å². The fourth-order valence-corrected chi connectivity index (χ4v) is 1.26. The molecule has 0 aromatic rings. The van der Waals surface area contributed by atoms with Crippen LogP contribution in [0.4, 0.5) is 8.78 Å². The summed E-state index contributed by atoms with van der Waals surface area (Å²) >= 11 is 0. The molecule has 0 rings (SSSR count). The third-order valence-corrected chi connectivity index (χ3v) is 2.53. The van der Waals surface area contributed by atoms with Gasteiger partial charge < -0.3 is 10.1 Å². The number of ketones is 1. The Morgan fingerprint density at radius 1 is 1.22 bits per heavy atom. The van der Waals surface area contributed by atoms with Crippen LogP contribution in [0, 0.1) is 5.92 Å². The monoisotopic (exact) mass is 265 g/mol. The predicted molar refractivity (Wildman–Crippen MR) is 68.0 cm³/mol. The van der Waals surface area contributed by atoms with Crippen molar-refractivity contribution in [3.63, 3.8) is 0 Å². The van der Waals surface area contributed by atoms with Crippen molar-refractivity contribution in [3.05, 3.63) is 0 Å². The molecule has 0 aliphatic carbocycles. The third-order valence-electron chi connectivity index (χ3n) is 2.53. The number of carbonyl (C=O) groups excluding carboxylic acids is 1. The molecule has 5 heteroatoms. The van der Waals surface area contributed by atoms with Gasteiger partial charge in [0.25, 0.3) is 5.92 Å². The Kier molecular flexibility index (Phi) is 8.27. The Bertz CT molecular complexity index is 243. The molecule has 0 fully saturated rings. The molecule has 0 aliphatic heterocycles. The Balaban J connectivity index is 3.67. The lowest BCUT2D eigenvalue weighted by Gasteiger charge is -2.17. The molecule has 0 saturated carbocycles. The number of hydrogen-bond acceptors (Lipinski definition) is 3. The first kappa shape index (κ1) is 17.4. The van der Waals surface area contributed by atoms with Gasteiger partial charge in [0.2, 0.25) is 0 Å². The van der Waals surface area contributed by atoms with Crippen molar-refractivity contribution in [1.82, 2.24) is 5.32 Å². The largest absolute Gasteiger partial charge is 0.379 e. The maximum absolute atomic E-state index is 13.4. The molecule has 0 unspecified atom stereocenters. The summed E-state index contributed by atoms with van der Waals surface area (Å²) in [5.74, 6) is -2.75. The Hall–Kier alpha value is -0.550.